The molecule has 0 unspecified atom stereocenters. The summed E-state index contributed by atoms with van der Waals surface area (Å²) in [4.78, 5) is 25.3. The van der Waals surface area contributed by atoms with Gasteiger partial charge in [-0.1, -0.05) is 36.4 Å². The molecule has 5 aromatic rings. The Hall–Kier alpha value is -3.73. The van der Waals surface area contributed by atoms with E-state index in [0.29, 0.717) is 11.9 Å². The van der Waals surface area contributed by atoms with E-state index in [2.05, 4.69) is 21.0 Å². The molecule has 0 saturated heterocycles. The summed E-state index contributed by atoms with van der Waals surface area (Å²) < 4.78 is 1.67. The molecule has 2 aromatic carbocycles. The van der Waals surface area contributed by atoms with Gasteiger partial charge in [0.25, 0.3) is 5.56 Å². The van der Waals surface area contributed by atoms with E-state index in [1.807, 2.05) is 67.8 Å². The van der Waals surface area contributed by atoms with Gasteiger partial charge in [-0.05, 0) is 41.6 Å². The number of pyridine rings is 2. The lowest BCUT2D eigenvalue weighted by molar-refractivity contribution is 0.733. The summed E-state index contributed by atoms with van der Waals surface area (Å²) in [5.41, 5.74) is 5.00. The SMILES string of the molecule is Cc1ccc2nc(Cn3ccc4c(-c5ccccc5)cncc4c3=O)[nH]c2c1. The number of fused-ring (bicyclic) bond motifs is 2. The van der Waals surface area contributed by atoms with Crippen LogP contribution in [0.15, 0.2) is 78.0 Å². The van der Waals surface area contributed by atoms with E-state index in [1.54, 1.807) is 10.8 Å². The van der Waals surface area contributed by atoms with Crippen molar-refractivity contribution in [2.24, 2.45) is 0 Å². The van der Waals surface area contributed by atoms with Gasteiger partial charge >= 0.3 is 0 Å². The van der Waals surface area contributed by atoms with Crippen LogP contribution in [0.4, 0.5) is 0 Å². The molecular weight excluding hydrogens is 348 g/mol. The Labute approximate surface area is 161 Å². The Morgan fingerprint density at radius 2 is 1.86 bits per heavy atom. The third-order valence-corrected chi connectivity index (χ3v) is 4.99. The van der Waals surface area contributed by atoms with E-state index in [4.69, 9.17) is 0 Å². The highest BCUT2D eigenvalue weighted by atomic mass is 16.1. The van der Waals surface area contributed by atoms with Gasteiger partial charge in [-0.15, -0.1) is 0 Å². The summed E-state index contributed by atoms with van der Waals surface area (Å²) in [6, 6.07) is 18.1. The highest BCUT2D eigenvalue weighted by Gasteiger charge is 2.10. The smallest absolute Gasteiger partial charge is 0.260 e. The minimum Gasteiger partial charge on any atom is -0.340 e. The second-order valence-electron chi connectivity index (χ2n) is 6.97. The maximum atomic E-state index is 13.1. The van der Waals surface area contributed by atoms with Crippen LogP contribution in [0.3, 0.4) is 0 Å². The Bertz CT molecular complexity index is 1370. The second-order valence-corrected chi connectivity index (χ2v) is 6.97. The third kappa shape index (κ3) is 2.77. The first-order valence-corrected chi connectivity index (χ1v) is 9.17. The number of nitrogens with one attached hydrogen (secondary N) is 1. The molecule has 3 heterocycles. The fourth-order valence-corrected chi connectivity index (χ4v) is 3.59. The highest BCUT2D eigenvalue weighted by Crippen LogP contribution is 2.25. The van der Waals surface area contributed by atoms with Gasteiger partial charge in [-0.3, -0.25) is 9.78 Å². The predicted molar refractivity (Wildman–Crippen MR) is 111 cm³/mol. The highest BCUT2D eigenvalue weighted by molar-refractivity contribution is 5.95. The summed E-state index contributed by atoms with van der Waals surface area (Å²) >= 11 is 0. The van der Waals surface area contributed by atoms with E-state index in [0.717, 1.165) is 33.4 Å². The molecule has 0 aliphatic heterocycles. The molecule has 0 spiro atoms. The van der Waals surface area contributed by atoms with Crippen molar-refractivity contribution in [2.45, 2.75) is 13.5 Å². The van der Waals surface area contributed by atoms with Gasteiger partial charge < -0.3 is 9.55 Å². The largest absolute Gasteiger partial charge is 0.340 e. The van der Waals surface area contributed by atoms with Gasteiger partial charge in [0.05, 0.1) is 23.0 Å². The molecule has 5 heteroatoms. The summed E-state index contributed by atoms with van der Waals surface area (Å²) in [6.45, 7) is 2.43. The van der Waals surface area contributed by atoms with E-state index >= 15 is 0 Å². The number of rotatable bonds is 3. The molecule has 0 aliphatic carbocycles. The van der Waals surface area contributed by atoms with E-state index in [1.165, 1.54) is 5.56 Å². The zero-order chi connectivity index (χ0) is 19.1. The van der Waals surface area contributed by atoms with Crippen LogP contribution < -0.4 is 5.56 Å². The van der Waals surface area contributed by atoms with Crippen molar-refractivity contribution in [2.75, 3.05) is 0 Å². The molecule has 0 aliphatic rings. The number of H-pyrrole nitrogens is 1. The van der Waals surface area contributed by atoms with Crippen molar-refractivity contribution >= 4 is 21.8 Å². The maximum absolute atomic E-state index is 13.1. The van der Waals surface area contributed by atoms with Crippen LogP contribution in [0.5, 0.6) is 0 Å². The first-order valence-electron chi connectivity index (χ1n) is 9.17. The second kappa shape index (κ2) is 6.46. The van der Waals surface area contributed by atoms with Crippen LogP contribution >= 0.6 is 0 Å². The van der Waals surface area contributed by atoms with Crippen LogP contribution in [-0.2, 0) is 6.54 Å². The van der Waals surface area contributed by atoms with Gasteiger partial charge in [0.1, 0.15) is 5.82 Å². The molecule has 0 atom stereocenters. The number of nitrogens with zero attached hydrogens (tertiary/aromatic N) is 3. The minimum absolute atomic E-state index is 0.0700. The molecule has 5 rings (SSSR count). The monoisotopic (exact) mass is 366 g/mol. The first-order chi connectivity index (χ1) is 13.7. The fraction of sp³-hybridized carbons (Fsp3) is 0.0870. The van der Waals surface area contributed by atoms with E-state index in [-0.39, 0.29) is 5.56 Å². The summed E-state index contributed by atoms with van der Waals surface area (Å²) in [7, 11) is 0. The molecule has 0 bridgehead atoms. The number of aromatic nitrogens is 4. The Balaban J connectivity index is 1.59. The van der Waals surface area contributed by atoms with Gasteiger partial charge in [0.2, 0.25) is 0 Å². The van der Waals surface area contributed by atoms with Crippen LogP contribution in [0.2, 0.25) is 0 Å². The lowest BCUT2D eigenvalue weighted by Gasteiger charge is -2.09. The van der Waals surface area contributed by atoms with Gasteiger partial charge in [-0.2, -0.15) is 0 Å². The van der Waals surface area contributed by atoms with Crippen LogP contribution in [0.1, 0.15) is 11.4 Å². The van der Waals surface area contributed by atoms with E-state index < -0.39 is 0 Å². The molecule has 0 radical (unpaired) electrons. The van der Waals surface area contributed by atoms with Crippen molar-refractivity contribution in [3.05, 3.63) is 94.9 Å². The summed E-state index contributed by atoms with van der Waals surface area (Å²) in [6.07, 6.45) is 5.28. The lowest BCUT2D eigenvalue weighted by atomic mass is 10.0. The average Bonchev–Trinajstić information content (AvgIpc) is 3.12. The molecule has 0 amide bonds. The third-order valence-electron chi connectivity index (χ3n) is 4.99. The number of benzene rings is 2. The van der Waals surface area contributed by atoms with Gasteiger partial charge in [-0.25, -0.2) is 4.98 Å². The lowest BCUT2D eigenvalue weighted by Crippen LogP contribution is -2.20. The number of aromatic amines is 1. The standard InChI is InChI=1S/C23H18N4O/c1-15-7-8-20-21(11-15)26-22(25-20)14-27-10-9-17-18(16-5-3-2-4-6-16)12-24-13-19(17)23(27)28/h2-13H,14H2,1H3,(H,25,26). The summed E-state index contributed by atoms with van der Waals surface area (Å²) in [5, 5.41) is 1.51. The van der Waals surface area contributed by atoms with Gasteiger partial charge in [0.15, 0.2) is 0 Å². The molecular formula is C23H18N4O. The molecule has 0 fully saturated rings. The van der Waals surface area contributed by atoms with Gasteiger partial charge in [0, 0.05) is 24.2 Å². The topological polar surface area (TPSA) is 63.6 Å². The van der Waals surface area contributed by atoms with Crippen molar-refractivity contribution in [1.29, 1.82) is 0 Å². The van der Waals surface area contributed by atoms with Crippen molar-refractivity contribution in [3.63, 3.8) is 0 Å². The number of hydrogen-bond donors (Lipinski definition) is 1. The van der Waals surface area contributed by atoms with Crippen LogP contribution in [0, 0.1) is 6.92 Å². The zero-order valence-corrected chi connectivity index (χ0v) is 15.4. The number of imidazole rings is 1. The predicted octanol–water partition coefficient (Wildman–Crippen LogP) is 4.30. The average molecular weight is 366 g/mol. The van der Waals surface area contributed by atoms with Crippen LogP contribution in [-0.4, -0.2) is 19.5 Å². The molecule has 136 valence electrons. The molecule has 0 saturated carbocycles. The van der Waals surface area contributed by atoms with Crippen molar-refractivity contribution < 1.29 is 0 Å². The molecule has 3 aromatic heterocycles. The Morgan fingerprint density at radius 3 is 2.71 bits per heavy atom. The Morgan fingerprint density at radius 1 is 1.00 bits per heavy atom. The quantitative estimate of drug-likeness (QED) is 0.518. The van der Waals surface area contributed by atoms with Crippen molar-refractivity contribution in [3.8, 4) is 11.1 Å². The van der Waals surface area contributed by atoms with E-state index in [9.17, 15) is 4.79 Å². The summed E-state index contributed by atoms with van der Waals surface area (Å²) in [5.74, 6) is 0.759. The molecule has 5 nitrogen and oxygen atoms in total. The Kier molecular flexibility index (Phi) is 3.79. The van der Waals surface area contributed by atoms with Crippen LogP contribution in [0.25, 0.3) is 32.9 Å². The zero-order valence-electron chi connectivity index (χ0n) is 15.4. The number of aryl methyl sites for hydroxylation is 1. The van der Waals surface area contributed by atoms with Crippen molar-refractivity contribution in [1.82, 2.24) is 19.5 Å². The fourth-order valence-electron chi connectivity index (χ4n) is 3.59. The minimum atomic E-state index is -0.0700. The molecule has 1 N–H and O–H groups in total. The maximum Gasteiger partial charge on any atom is 0.260 e. The molecule has 28 heavy (non-hydrogen) atoms. The first kappa shape index (κ1) is 16.4. The number of hydrogen-bond acceptors (Lipinski definition) is 3. The normalized spacial score (nSPS) is 11.3.